The van der Waals surface area contributed by atoms with Crippen molar-refractivity contribution in [1.29, 1.82) is 0 Å². The monoisotopic (exact) mass is 424 g/mol. The summed E-state index contributed by atoms with van der Waals surface area (Å²) in [7, 11) is 0. The molecule has 1 fully saturated rings. The summed E-state index contributed by atoms with van der Waals surface area (Å²) in [6, 6.07) is 8.11. The van der Waals surface area contributed by atoms with Crippen LogP contribution < -0.4 is 10.1 Å². The molecule has 1 atom stereocenters. The Morgan fingerprint density at radius 2 is 1.97 bits per heavy atom. The van der Waals surface area contributed by atoms with Crippen LogP contribution in [0.5, 0.6) is 5.88 Å². The Morgan fingerprint density at radius 3 is 2.65 bits per heavy atom. The lowest BCUT2D eigenvalue weighted by Crippen LogP contribution is -2.48. The van der Waals surface area contributed by atoms with Gasteiger partial charge in [-0.3, -0.25) is 9.69 Å². The number of carbonyl (C=O) groups excluding carboxylic acids is 2. The van der Waals surface area contributed by atoms with Crippen molar-refractivity contribution in [3.05, 3.63) is 41.1 Å². The summed E-state index contributed by atoms with van der Waals surface area (Å²) < 4.78 is 13.3. The van der Waals surface area contributed by atoms with Crippen molar-refractivity contribution in [2.45, 2.75) is 57.6 Å². The highest BCUT2D eigenvalue weighted by Gasteiger charge is 2.40. The molecule has 1 unspecified atom stereocenters. The van der Waals surface area contributed by atoms with E-state index >= 15 is 0 Å². The van der Waals surface area contributed by atoms with Gasteiger partial charge in [0.2, 0.25) is 5.88 Å². The molecule has 0 saturated heterocycles. The number of hydrogen-bond donors (Lipinski definition) is 1. The SMILES string of the molecule is CC(C)(C)OC(=O)N1CCc2c3c(nn2-c2ccc(C4CC4)cc2)OCC(=O)NCC31. The van der Waals surface area contributed by atoms with E-state index in [0.29, 0.717) is 31.3 Å². The number of aromatic nitrogens is 2. The van der Waals surface area contributed by atoms with Crippen molar-refractivity contribution in [2.75, 3.05) is 19.7 Å². The summed E-state index contributed by atoms with van der Waals surface area (Å²) >= 11 is 0. The molecule has 3 aliphatic rings. The zero-order chi connectivity index (χ0) is 21.8. The first-order valence-electron chi connectivity index (χ1n) is 10.9. The average Bonchev–Trinajstić information content (AvgIpc) is 3.49. The molecule has 5 rings (SSSR count). The Balaban J connectivity index is 1.53. The molecule has 164 valence electrons. The van der Waals surface area contributed by atoms with E-state index in [-0.39, 0.29) is 12.5 Å². The summed E-state index contributed by atoms with van der Waals surface area (Å²) in [6.45, 7) is 6.22. The minimum Gasteiger partial charge on any atom is -0.466 e. The van der Waals surface area contributed by atoms with Crippen LogP contribution in [0.25, 0.3) is 5.69 Å². The number of carbonyl (C=O) groups is 2. The molecular formula is C23H28N4O4. The summed E-state index contributed by atoms with van der Waals surface area (Å²) in [5, 5.41) is 7.57. The largest absolute Gasteiger partial charge is 0.466 e. The van der Waals surface area contributed by atoms with Crippen LogP contribution in [0.3, 0.4) is 0 Å². The number of amides is 2. The molecule has 2 aliphatic heterocycles. The Kier molecular flexibility index (Phi) is 4.68. The van der Waals surface area contributed by atoms with Crippen molar-refractivity contribution in [2.24, 2.45) is 0 Å². The number of rotatable bonds is 2. The minimum absolute atomic E-state index is 0.0940. The second kappa shape index (κ2) is 7.28. The van der Waals surface area contributed by atoms with Gasteiger partial charge in [0.25, 0.3) is 5.91 Å². The van der Waals surface area contributed by atoms with E-state index in [1.54, 1.807) is 4.90 Å². The number of benzene rings is 1. The van der Waals surface area contributed by atoms with Gasteiger partial charge in [-0.2, -0.15) is 0 Å². The molecule has 1 N–H and O–H groups in total. The van der Waals surface area contributed by atoms with Crippen molar-refractivity contribution in [3.8, 4) is 11.6 Å². The Morgan fingerprint density at radius 1 is 1.23 bits per heavy atom. The standard InChI is InChI=1S/C23H28N4O4/c1-23(2,3)31-22(29)26-11-10-17-20-18(26)12-24-19(28)13-30-21(20)25-27(17)16-8-6-15(7-9-16)14-4-5-14/h6-9,14,18H,4-5,10-13H2,1-3H3,(H,24,28). The van der Waals surface area contributed by atoms with Gasteiger partial charge in [0, 0.05) is 19.5 Å². The zero-order valence-electron chi connectivity index (χ0n) is 18.2. The van der Waals surface area contributed by atoms with Gasteiger partial charge in [-0.05, 0) is 57.2 Å². The van der Waals surface area contributed by atoms with E-state index in [1.165, 1.54) is 18.4 Å². The molecule has 3 heterocycles. The van der Waals surface area contributed by atoms with Crippen LogP contribution in [0, 0.1) is 0 Å². The second-order valence-electron chi connectivity index (χ2n) is 9.48. The van der Waals surface area contributed by atoms with Gasteiger partial charge in [-0.15, -0.1) is 5.10 Å². The van der Waals surface area contributed by atoms with E-state index in [2.05, 4.69) is 29.6 Å². The Hall–Kier alpha value is -3.03. The molecule has 0 radical (unpaired) electrons. The fourth-order valence-electron chi connectivity index (χ4n) is 4.33. The van der Waals surface area contributed by atoms with Gasteiger partial charge in [0.15, 0.2) is 6.61 Å². The number of ether oxygens (including phenoxy) is 2. The van der Waals surface area contributed by atoms with E-state index < -0.39 is 17.7 Å². The van der Waals surface area contributed by atoms with Crippen molar-refractivity contribution in [1.82, 2.24) is 20.0 Å². The lowest BCUT2D eigenvalue weighted by Gasteiger charge is -2.37. The van der Waals surface area contributed by atoms with Crippen molar-refractivity contribution in [3.63, 3.8) is 0 Å². The van der Waals surface area contributed by atoms with Gasteiger partial charge in [-0.1, -0.05) is 12.1 Å². The molecule has 2 amide bonds. The van der Waals surface area contributed by atoms with Crippen LogP contribution in [0.2, 0.25) is 0 Å². The lowest BCUT2D eigenvalue weighted by molar-refractivity contribution is -0.123. The second-order valence-corrected chi connectivity index (χ2v) is 9.48. The van der Waals surface area contributed by atoms with Gasteiger partial charge in [0.1, 0.15) is 5.60 Å². The van der Waals surface area contributed by atoms with E-state index in [4.69, 9.17) is 14.6 Å². The third kappa shape index (κ3) is 3.86. The zero-order valence-corrected chi connectivity index (χ0v) is 18.2. The maximum absolute atomic E-state index is 12.9. The molecular weight excluding hydrogens is 396 g/mol. The molecule has 0 bridgehead atoms. The molecule has 2 aromatic rings. The van der Waals surface area contributed by atoms with E-state index in [0.717, 1.165) is 16.9 Å². The normalized spacial score (nSPS) is 20.8. The summed E-state index contributed by atoms with van der Waals surface area (Å²) in [4.78, 5) is 26.7. The molecule has 1 aromatic carbocycles. The average molecular weight is 425 g/mol. The maximum atomic E-state index is 12.9. The Labute approximate surface area is 181 Å². The number of nitrogens with one attached hydrogen (secondary N) is 1. The molecule has 8 heteroatoms. The van der Waals surface area contributed by atoms with E-state index in [9.17, 15) is 9.59 Å². The quantitative estimate of drug-likeness (QED) is 0.801. The van der Waals surface area contributed by atoms with Gasteiger partial charge in [0.05, 0.1) is 23.0 Å². The molecule has 8 nitrogen and oxygen atoms in total. The molecule has 1 aliphatic carbocycles. The smallest absolute Gasteiger partial charge is 0.410 e. The van der Waals surface area contributed by atoms with Gasteiger partial charge in [-0.25, -0.2) is 9.48 Å². The fourth-order valence-corrected chi connectivity index (χ4v) is 4.33. The van der Waals surface area contributed by atoms with E-state index in [1.807, 2.05) is 25.5 Å². The molecule has 1 saturated carbocycles. The predicted molar refractivity (Wildman–Crippen MR) is 113 cm³/mol. The first kappa shape index (κ1) is 19.9. The molecule has 1 aromatic heterocycles. The van der Waals surface area contributed by atoms with Crippen molar-refractivity contribution >= 4 is 12.0 Å². The van der Waals surface area contributed by atoms with Crippen molar-refractivity contribution < 1.29 is 19.1 Å². The lowest BCUT2D eigenvalue weighted by atomic mass is 9.98. The first-order chi connectivity index (χ1) is 14.8. The van der Waals surface area contributed by atoms with Crippen LogP contribution in [0.1, 0.15) is 62.4 Å². The number of nitrogens with zero attached hydrogens (tertiary/aromatic N) is 3. The highest BCUT2D eigenvalue weighted by molar-refractivity contribution is 5.78. The summed E-state index contributed by atoms with van der Waals surface area (Å²) in [5.74, 6) is 0.872. The third-order valence-corrected chi connectivity index (χ3v) is 5.93. The highest BCUT2D eigenvalue weighted by Crippen LogP contribution is 2.41. The third-order valence-electron chi connectivity index (χ3n) is 5.93. The van der Waals surface area contributed by atoms with Gasteiger partial charge >= 0.3 is 6.09 Å². The first-order valence-corrected chi connectivity index (χ1v) is 10.9. The van der Waals surface area contributed by atoms with Crippen LogP contribution in [0.4, 0.5) is 4.79 Å². The maximum Gasteiger partial charge on any atom is 0.410 e. The number of hydrogen-bond acceptors (Lipinski definition) is 5. The Bertz CT molecular complexity index is 1020. The highest BCUT2D eigenvalue weighted by atomic mass is 16.6. The molecule has 31 heavy (non-hydrogen) atoms. The predicted octanol–water partition coefficient (Wildman–Crippen LogP) is 3.09. The van der Waals surface area contributed by atoms with Crippen LogP contribution >= 0.6 is 0 Å². The summed E-state index contributed by atoms with van der Waals surface area (Å²) in [5.41, 5.74) is 3.58. The molecule has 0 spiro atoms. The topological polar surface area (TPSA) is 85.7 Å². The summed E-state index contributed by atoms with van der Waals surface area (Å²) in [6.07, 6.45) is 2.75. The van der Waals surface area contributed by atoms with Crippen LogP contribution in [-0.4, -0.2) is 52.0 Å². The van der Waals surface area contributed by atoms with Crippen LogP contribution in [-0.2, 0) is 16.0 Å². The minimum atomic E-state index is -0.602. The van der Waals surface area contributed by atoms with Gasteiger partial charge < -0.3 is 14.8 Å². The van der Waals surface area contributed by atoms with Crippen LogP contribution in [0.15, 0.2) is 24.3 Å². The fraction of sp³-hybridized carbons (Fsp3) is 0.522.